The molecule has 0 saturated heterocycles. The second-order valence-electron chi connectivity index (χ2n) is 1.55. The second kappa shape index (κ2) is 3.18. The zero-order chi connectivity index (χ0) is 8.36. The maximum absolute atomic E-state index is 11.7. The monoisotopic (exact) mass is 180 g/mol. The third kappa shape index (κ3) is 3.00. The standard InChI is InChI=1S/C3H4F4O2S/c4-2(5)3(6,7)1-10(8)9/h2,10H,1H2. The summed E-state index contributed by atoms with van der Waals surface area (Å²) in [5, 5.41) is 0. The van der Waals surface area contributed by atoms with E-state index in [0.29, 0.717) is 0 Å². The zero-order valence-electron chi connectivity index (χ0n) is 4.56. The van der Waals surface area contributed by atoms with Crippen molar-refractivity contribution in [3.05, 3.63) is 0 Å². The van der Waals surface area contributed by atoms with Crippen LogP contribution in [-0.2, 0) is 10.7 Å². The van der Waals surface area contributed by atoms with Gasteiger partial charge in [0.1, 0.15) is 16.5 Å². The summed E-state index contributed by atoms with van der Waals surface area (Å²) in [6.45, 7) is 0. The van der Waals surface area contributed by atoms with Crippen LogP contribution in [0.1, 0.15) is 0 Å². The molecule has 0 spiro atoms. The molecule has 0 fully saturated rings. The molecule has 0 amide bonds. The molecule has 0 aromatic rings. The molecule has 0 saturated carbocycles. The van der Waals surface area contributed by atoms with Crippen molar-refractivity contribution in [1.29, 1.82) is 0 Å². The van der Waals surface area contributed by atoms with Crippen LogP contribution >= 0.6 is 0 Å². The van der Waals surface area contributed by atoms with Gasteiger partial charge in [0, 0.05) is 0 Å². The lowest BCUT2D eigenvalue weighted by Gasteiger charge is -2.09. The fourth-order valence-corrected chi connectivity index (χ4v) is 0.723. The van der Waals surface area contributed by atoms with Gasteiger partial charge in [0.2, 0.25) is 0 Å². The van der Waals surface area contributed by atoms with Gasteiger partial charge in [-0.2, -0.15) is 8.78 Å². The van der Waals surface area contributed by atoms with Gasteiger partial charge in [-0.1, -0.05) is 0 Å². The Labute approximate surface area is 55.8 Å². The average Bonchev–Trinajstić information content (AvgIpc) is 1.60. The predicted octanol–water partition coefficient (Wildman–Crippen LogP) is 0.498. The predicted molar refractivity (Wildman–Crippen MR) is 26.1 cm³/mol. The van der Waals surface area contributed by atoms with Gasteiger partial charge < -0.3 is 0 Å². The molecule has 62 valence electrons. The molecule has 0 rings (SSSR count). The molecular weight excluding hydrogens is 176 g/mol. The van der Waals surface area contributed by atoms with Gasteiger partial charge in [0.15, 0.2) is 0 Å². The molecule has 0 heterocycles. The van der Waals surface area contributed by atoms with E-state index < -0.39 is 28.8 Å². The maximum Gasteiger partial charge on any atom is 0.320 e. The topological polar surface area (TPSA) is 34.1 Å². The summed E-state index contributed by atoms with van der Waals surface area (Å²) in [4.78, 5) is 0. The first-order valence-electron chi connectivity index (χ1n) is 2.14. The summed E-state index contributed by atoms with van der Waals surface area (Å²) in [5.74, 6) is -6.20. The minimum Gasteiger partial charge on any atom is -0.232 e. The van der Waals surface area contributed by atoms with E-state index >= 15 is 0 Å². The fourth-order valence-electron chi connectivity index (χ4n) is 0.241. The van der Waals surface area contributed by atoms with Crippen LogP contribution in [0.15, 0.2) is 0 Å². The number of halogens is 4. The molecule has 0 bridgehead atoms. The van der Waals surface area contributed by atoms with E-state index in [-0.39, 0.29) is 0 Å². The van der Waals surface area contributed by atoms with E-state index in [2.05, 4.69) is 0 Å². The lowest BCUT2D eigenvalue weighted by molar-refractivity contribution is -0.110. The number of rotatable bonds is 3. The summed E-state index contributed by atoms with van der Waals surface area (Å²) in [5.41, 5.74) is 0. The Morgan fingerprint density at radius 1 is 1.30 bits per heavy atom. The fraction of sp³-hybridized carbons (Fsp3) is 1.00. The zero-order valence-corrected chi connectivity index (χ0v) is 5.45. The summed E-state index contributed by atoms with van der Waals surface area (Å²) in [6, 6.07) is 0. The van der Waals surface area contributed by atoms with E-state index in [1.807, 2.05) is 0 Å². The van der Waals surface area contributed by atoms with Crippen LogP contribution in [0.5, 0.6) is 0 Å². The smallest absolute Gasteiger partial charge is 0.232 e. The molecule has 0 aromatic carbocycles. The van der Waals surface area contributed by atoms with Crippen LogP contribution < -0.4 is 0 Å². The lowest BCUT2D eigenvalue weighted by atomic mass is 10.4. The Morgan fingerprint density at radius 2 is 1.70 bits per heavy atom. The van der Waals surface area contributed by atoms with Crippen molar-refractivity contribution in [2.45, 2.75) is 12.3 Å². The van der Waals surface area contributed by atoms with Crippen molar-refractivity contribution in [2.75, 3.05) is 5.75 Å². The summed E-state index contributed by atoms with van der Waals surface area (Å²) in [7, 11) is -3.45. The highest BCUT2D eigenvalue weighted by Crippen LogP contribution is 2.22. The van der Waals surface area contributed by atoms with Crippen LogP contribution in [0, 0.1) is 0 Å². The van der Waals surface area contributed by atoms with E-state index in [0.717, 1.165) is 0 Å². The quantitative estimate of drug-likeness (QED) is 0.506. The molecule has 0 aliphatic heterocycles. The van der Waals surface area contributed by atoms with Gasteiger partial charge in [0.25, 0.3) is 0 Å². The SMILES string of the molecule is O=[SH](=O)CC(F)(F)C(F)F. The van der Waals surface area contributed by atoms with E-state index in [9.17, 15) is 26.0 Å². The number of alkyl halides is 4. The Kier molecular flexibility index (Phi) is 3.07. The highest BCUT2D eigenvalue weighted by Gasteiger charge is 2.41. The van der Waals surface area contributed by atoms with Gasteiger partial charge in [0.05, 0.1) is 0 Å². The molecule has 0 aromatic heterocycles. The van der Waals surface area contributed by atoms with Gasteiger partial charge in [-0.3, -0.25) is 0 Å². The third-order valence-corrected chi connectivity index (χ3v) is 1.34. The molecular formula is C3H4F4O2S. The molecule has 0 N–H and O–H groups in total. The minimum atomic E-state index is -4.41. The van der Waals surface area contributed by atoms with E-state index in [1.165, 1.54) is 0 Å². The normalized spacial score (nSPS) is 13.0. The average molecular weight is 180 g/mol. The van der Waals surface area contributed by atoms with Gasteiger partial charge in [-0.15, -0.1) is 0 Å². The Balaban J connectivity index is 4.12. The maximum atomic E-state index is 11.7. The first-order chi connectivity index (χ1) is 4.36. The minimum absolute atomic E-state index is 1.79. The molecule has 0 radical (unpaired) electrons. The molecule has 0 atom stereocenters. The van der Waals surface area contributed by atoms with Crippen LogP contribution in [0.25, 0.3) is 0 Å². The molecule has 7 heteroatoms. The van der Waals surface area contributed by atoms with Crippen molar-refractivity contribution in [2.24, 2.45) is 0 Å². The van der Waals surface area contributed by atoms with Crippen molar-refractivity contribution in [1.82, 2.24) is 0 Å². The highest BCUT2D eigenvalue weighted by atomic mass is 32.2. The Hall–Kier alpha value is -0.330. The molecule has 2 nitrogen and oxygen atoms in total. The molecule has 0 aliphatic rings. The van der Waals surface area contributed by atoms with Crippen molar-refractivity contribution in [3.8, 4) is 0 Å². The first-order valence-corrected chi connectivity index (χ1v) is 3.50. The Morgan fingerprint density at radius 3 is 1.80 bits per heavy atom. The highest BCUT2D eigenvalue weighted by molar-refractivity contribution is 7.72. The summed E-state index contributed by atoms with van der Waals surface area (Å²) >= 11 is 0. The van der Waals surface area contributed by atoms with Gasteiger partial charge in [-0.05, 0) is 0 Å². The van der Waals surface area contributed by atoms with Gasteiger partial charge >= 0.3 is 12.3 Å². The van der Waals surface area contributed by atoms with E-state index in [4.69, 9.17) is 0 Å². The van der Waals surface area contributed by atoms with Crippen LogP contribution in [0.3, 0.4) is 0 Å². The lowest BCUT2D eigenvalue weighted by Crippen LogP contribution is -2.31. The largest absolute Gasteiger partial charge is 0.320 e. The molecule has 0 aliphatic carbocycles. The van der Waals surface area contributed by atoms with E-state index in [1.54, 1.807) is 0 Å². The van der Waals surface area contributed by atoms with Gasteiger partial charge in [-0.25, -0.2) is 17.2 Å². The molecule has 10 heavy (non-hydrogen) atoms. The first kappa shape index (κ1) is 9.67. The number of hydrogen-bond donors (Lipinski definition) is 1. The van der Waals surface area contributed by atoms with Crippen LogP contribution in [0.2, 0.25) is 0 Å². The summed E-state index contributed by atoms with van der Waals surface area (Å²) < 4.78 is 64.7. The van der Waals surface area contributed by atoms with Crippen LogP contribution in [0.4, 0.5) is 17.6 Å². The molecule has 0 unspecified atom stereocenters. The van der Waals surface area contributed by atoms with Crippen molar-refractivity contribution in [3.63, 3.8) is 0 Å². The van der Waals surface area contributed by atoms with Crippen molar-refractivity contribution >= 4 is 10.7 Å². The summed E-state index contributed by atoms with van der Waals surface area (Å²) in [6.07, 6.45) is -3.92. The van der Waals surface area contributed by atoms with Crippen LogP contribution in [-0.4, -0.2) is 26.5 Å². The second-order valence-corrected chi connectivity index (χ2v) is 2.53. The number of hydrogen-bond acceptors (Lipinski definition) is 2. The third-order valence-electron chi connectivity index (χ3n) is 0.659. The Bertz CT molecular complexity index is 167. The van der Waals surface area contributed by atoms with Crippen molar-refractivity contribution < 1.29 is 26.0 Å². The number of thiol groups is 1.